The molecule has 0 amide bonds. The van der Waals surface area contributed by atoms with E-state index in [4.69, 9.17) is 13.7 Å². The lowest BCUT2D eigenvalue weighted by Gasteiger charge is -2.32. The first-order valence-corrected chi connectivity index (χ1v) is 6.43. The normalized spacial score (nSPS) is 22.7. The zero-order valence-electron chi connectivity index (χ0n) is 10.2. The first-order valence-electron chi connectivity index (χ1n) is 5.21. The van der Waals surface area contributed by atoms with E-state index in [9.17, 15) is 0 Å². The summed E-state index contributed by atoms with van der Waals surface area (Å²) in [6.07, 6.45) is 3.58. The molecule has 1 aliphatic rings. The van der Waals surface area contributed by atoms with Gasteiger partial charge in [0.1, 0.15) is 0 Å². The minimum Gasteiger partial charge on any atom is -0.440 e. The minimum absolute atomic E-state index is 0.343. The minimum atomic E-state index is -0.460. The van der Waals surface area contributed by atoms with Crippen LogP contribution in [0.3, 0.4) is 0 Å². The van der Waals surface area contributed by atoms with Crippen LogP contribution in [0, 0.1) is 0 Å². The van der Waals surface area contributed by atoms with E-state index in [2.05, 4.69) is 4.98 Å². The Kier molecular flexibility index (Phi) is 2.84. The third kappa shape index (κ3) is 1.89. The molecule has 16 heavy (non-hydrogen) atoms. The van der Waals surface area contributed by atoms with E-state index in [1.165, 1.54) is 11.8 Å². The summed E-state index contributed by atoms with van der Waals surface area (Å²) < 4.78 is 17.2. The van der Waals surface area contributed by atoms with Crippen molar-refractivity contribution in [1.29, 1.82) is 0 Å². The Balaban J connectivity index is 2.20. The Labute approximate surface area is 100 Å². The summed E-state index contributed by atoms with van der Waals surface area (Å²) in [6.45, 7) is 8.05. The third-order valence-corrected chi connectivity index (χ3v) is 3.70. The van der Waals surface area contributed by atoms with Crippen molar-refractivity contribution in [2.45, 2.75) is 44.1 Å². The lowest BCUT2D eigenvalue weighted by molar-refractivity contribution is 0.00578. The average Bonchev–Trinajstić information content (AvgIpc) is 2.70. The molecule has 0 N–H and O–H groups in total. The average molecular weight is 241 g/mol. The molecule has 2 rings (SSSR count). The zero-order valence-corrected chi connectivity index (χ0v) is 11.1. The number of hydrogen-bond acceptors (Lipinski definition) is 5. The molecule has 1 saturated heterocycles. The maximum Gasteiger partial charge on any atom is 0.534 e. The zero-order chi connectivity index (χ0) is 12.0. The largest absolute Gasteiger partial charge is 0.534 e. The monoisotopic (exact) mass is 241 g/mol. The molecule has 0 aromatic carbocycles. The number of oxazole rings is 1. The van der Waals surface area contributed by atoms with E-state index in [0.717, 1.165) is 0 Å². The molecule has 0 radical (unpaired) electrons. The van der Waals surface area contributed by atoms with Gasteiger partial charge in [0.25, 0.3) is 5.22 Å². The Hall–Kier alpha value is -0.455. The standard InChI is InChI=1S/C10H16BNO3S/c1-9(2)10(3,4)15-11(14-9)7-6-12-8(13-7)16-5/h6H,1-5H3. The first-order chi connectivity index (χ1) is 7.36. The molecular formula is C10H16BNO3S. The summed E-state index contributed by atoms with van der Waals surface area (Å²) in [7, 11) is -0.460. The Morgan fingerprint density at radius 3 is 2.19 bits per heavy atom. The van der Waals surface area contributed by atoms with Gasteiger partial charge in [0.15, 0.2) is 5.66 Å². The molecule has 0 bridgehead atoms. The van der Waals surface area contributed by atoms with Crippen LogP contribution in [-0.2, 0) is 9.31 Å². The van der Waals surface area contributed by atoms with Gasteiger partial charge in [-0.2, -0.15) is 0 Å². The van der Waals surface area contributed by atoms with Crippen LogP contribution in [0.2, 0.25) is 0 Å². The lowest BCUT2D eigenvalue weighted by Crippen LogP contribution is -2.41. The second-order valence-corrected chi connectivity index (χ2v) is 5.58. The highest BCUT2D eigenvalue weighted by molar-refractivity contribution is 7.98. The van der Waals surface area contributed by atoms with Crippen molar-refractivity contribution in [2.24, 2.45) is 0 Å². The summed E-state index contributed by atoms with van der Waals surface area (Å²) in [4.78, 5) is 4.11. The molecule has 0 atom stereocenters. The predicted molar refractivity (Wildman–Crippen MR) is 64.0 cm³/mol. The number of aromatic nitrogens is 1. The SMILES string of the molecule is CSc1ncc(B2OC(C)(C)C(C)(C)O2)o1. The highest BCUT2D eigenvalue weighted by atomic mass is 32.2. The Bertz CT molecular complexity index is 375. The van der Waals surface area contributed by atoms with Gasteiger partial charge in [-0.15, -0.1) is 0 Å². The maximum atomic E-state index is 5.84. The van der Waals surface area contributed by atoms with Gasteiger partial charge in [-0.1, -0.05) is 11.8 Å². The van der Waals surface area contributed by atoms with Crippen LogP contribution in [0.4, 0.5) is 0 Å². The van der Waals surface area contributed by atoms with Crippen molar-refractivity contribution in [1.82, 2.24) is 4.98 Å². The second-order valence-electron chi connectivity index (χ2n) is 4.82. The van der Waals surface area contributed by atoms with Gasteiger partial charge >= 0.3 is 7.12 Å². The molecule has 0 spiro atoms. The van der Waals surface area contributed by atoms with Gasteiger partial charge in [-0.3, -0.25) is 0 Å². The molecule has 1 fully saturated rings. The quantitative estimate of drug-likeness (QED) is 0.582. The summed E-state index contributed by atoms with van der Waals surface area (Å²) in [5.74, 6) is 0. The number of nitrogens with zero attached hydrogens (tertiary/aromatic N) is 1. The lowest BCUT2D eigenvalue weighted by atomic mass is 9.87. The first kappa shape index (κ1) is 12.0. The fraction of sp³-hybridized carbons (Fsp3) is 0.700. The van der Waals surface area contributed by atoms with E-state index < -0.39 is 7.12 Å². The number of hydrogen-bond donors (Lipinski definition) is 0. The van der Waals surface area contributed by atoms with Crippen LogP contribution in [0.5, 0.6) is 0 Å². The molecule has 1 aromatic heterocycles. The Morgan fingerprint density at radius 1 is 1.19 bits per heavy atom. The van der Waals surface area contributed by atoms with Crippen LogP contribution >= 0.6 is 11.8 Å². The fourth-order valence-corrected chi connectivity index (χ4v) is 1.77. The summed E-state index contributed by atoms with van der Waals surface area (Å²) in [5.41, 5.74) is -0.0588. The molecule has 0 aliphatic carbocycles. The van der Waals surface area contributed by atoms with E-state index in [0.29, 0.717) is 10.9 Å². The van der Waals surface area contributed by atoms with E-state index in [1.54, 1.807) is 6.20 Å². The van der Waals surface area contributed by atoms with Crippen molar-refractivity contribution < 1.29 is 13.7 Å². The van der Waals surface area contributed by atoms with Gasteiger partial charge in [0, 0.05) is 0 Å². The topological polar surface area (TPSA) is 44.5 Å². The van der Waals surface area contributed by atoms with Crippen LogP contribution in [0.1, 0.15) is 27.7 Å². The van der Waals surface area contributed by atoms with Gasteiger partial charge in [0.2, 0.25) is 0 Å². The predicted octanol–water partition coefficient (Wildman–Crippen LogP) is 1.70. The van der Waals surface area contributed by atoms with Gasteiger partial charge in [-0.05, 0) is 34.0 Å². The second kappa shape index (κ2) is 3.79. The van der Waals surface area contributed by atoms with Crippen molar-refractivity contribution in [3.8, 4) is 0 Å². The maximum absolute atomic E-state index is 5.84. The molecule has 1 aromatic rings. The highest BCUT2D eigenvalue weighted by Gasteiger charge is 2.53. The number of thioether (sulfide) groups is 1. The molecule has 2 heterocycles. The smallest absolute Gasteiger partial charge is 0.440 e. The molecule has 88 valence electrons. The highest BCUT2D eigenvalue weighted by Crippen LogP contribution is 2.36. The van der Waals surface area contributed by atoms with E-state index in [-0.39, 0.29) is 11.2 Å². The molecule has 6 heteroatoms. The molecule has 4 nitrogen and oxygen atoms in total. The van der Waals surface area contributed by atoms with Gasteiger partial charge < -0.3 is 13.7 Å². The van der Waals surface area contributed by atoms with E-state index >= 15 is 0 Å². The molecule has 0 unspecified atom stereocenters. The summed E-state index contributed by atoms with van der Waals surface area (Å²) in [5, 5.41) is 0.629. The molecule has 0 saturated carbocycles. The van der Waals surface area contributed by atoms with Crippen molar-refractivity contribution in [3.05, 3.63) is 6.20 Å². The fourth-order valence-electron chi connectivity index (χ4n) is 1.43. The van der Waals surface area contributed by atoms with Crippen LogP contribution in [0.25, 0.3) is 0 Å². The van der Waals surface area contributed by atoms with Crippen LogP contribution in [-0.4, -0.2) is 29.6 Å². The van der Waals surface area contributed by atoms with Crippen LogP contribution in [0.15, 0.2) is 15.8 Å². The third-order valence-electron chi connectivity index (χ3n) is 3.16. The molecule has 1 aliphatic heterocycles. The summed E-state index contributed by atoms with van der Waals surface area (Å²) in [6, 6.07) is 0. The molecular weight excluding hydrogens is 225 g/mol. The van der Waals surface area contributed by atoms with Crippen molar-refractivity contribution in [2.75, 3.05) is 6.26 Å². The summed E-state index contributed by atoms with van der Waals surface area (Å²) >= 11 is 1.46. The van der Waals surface area contributed by atoms with Gasteiger partial charge in [0.05, 0.1) is 17.4 Å². The number of rotatable bonds is 2. The van der Waals surface area contributed by atoms with Gasteiger partial charge in [-0.25, -0.2) is 4.98 Å². The van der Waals surface area contributed by atoms with Crippen molar-refractivity contribution in [3.63, 3.8) is 0 Å². The van der Waals surface area contributed by atoms with Crippen molar-refractivity contribution >= 4 is 24.5 Å². The van der Waals surface area contributed by atoms with E-state index in [1.807, 2.05) is 34.0 Å². The van der Waals surface area contributed by atoms with Crippen LogP contribution < -0.4 is 5.66 Å². The Morgan fingerprint density at radius 2 is 1.75 bits per heavy atom.